The van der Waals surface area contributed by atoms with Crippen molar-refractivity contribution in [1.29, 1.82) is 0 Å². The van der Waals surface area contributed by atoms with Crippen LogP contribution in [0.1, 0.15) is 37.8 Å². The van der Waals surface area contributed by atoms with Gasteiger partial charge in [0.2, 0.25) is 5.91 Å². The number of rotatable bonds is 3. The lowest BCUT2D eigenvalue weighted by atomic mass is 10.0. The molecule has 1 saturated heterocycles. The molecule has 1 aromatic carbocycles. The van der Waals surface area contributed by atoms with Crippen LogP contribution in [0.15, 0.2) is 24.3 Å². The lowest BCUT2D eigenvalue weighted by Crippen LogP contribution is -2.47. The maximum atomic E-state index is 12.4. The van der Waals surface area contributed by atoms with E-state index in [0.717, 1.165) is 31.4 Å². The van der Waals surface area contributed by atoms with E-state index in [1.807, 2.05) is 38.2 Å². The van der Waals surface area contributed by atoms with Crippen molar-refractivity contribution in [3.05, 3.63) is 34.9 Å². The summed E-state index contributed by atoms with van der Waals surface area (Å²) in [7, 11) is 1.85. The first-order valence-corrected chi connectivity index (χ1v) is 7.23. The molecule has 0 bridgehead atoms. The Kier molecular flexibility index (Phi) is 4.83. The summed E-state index contributed by atoms with van der Waals surface area (Å²) in [5.74, 6) is 0.159. The number of nitrogens with zero attached hydrogens (tertiary/aromatic N) is 1. The number of hydrogen-bond acceptors (Lipinski definition) is 2. The Morgan fingerprint density at radius 1 is 1.42 bits per heavy atom. The SMILES string of the molecule is CC(c1ccccc1Cl)N(C)C(=O)[C@H]1CCCCN1. The molecule has 2 rings (SSSR count). The molecule has 1 aromatic rings. The van der Waals surface area contributed by atoms with Gasteiger partial charge in [0, 0.05) is 12.1 Å². The van der Waals surface area contributed by atoms with Gasteiger partial charge < -0.3 is 10.2 Å². The second kappa shape index (κ2) is 6.40. The lowest BCUT2D eigenvalue weighted by molar-refractivity contribution is -0.134. The van der Waals surface area contributed by atoms with E-state index in [2.05, 4.69) is 5.32 Å². The highest BCUT2D eigenvalue weighted by Gasteiger charge is 2.27. The molecule has 0 aromatic heterocycles. The quantitative estimate of drug-likeness (QED) is 0.923. The van der Waals surface area contributed by atoms with E-state index < -0.39 is 0 Å². The molecule has 1 unspecified atom stereocenters. The number of benzene rings is 1. The van der Waals surface area contributed by atoms with Crippen molar-refractivity contribution >= 4 is 17.5 Å². The smallest absolute Gasteiger partial charge is 0.239 e. The summed E-state index contributed by atoms with van der Waals surface area (Å²) in [6.45, 7) is 2.95. The third kappa shape index (κ3) is 3.28. The molecule has 4 heteroatoms. The third-order valence-electron chi connectivity index (χ3n) is 3.89. The number of piperidine rings is 1. The lowest BCUT2D eigenvalue weighted by Gasteiger charge is -2.31. The van der Waals surface area contributed by atoms with Crippen LogP contribution in [0.5, 0.6) is 0 Å². The van der Waals surface area contributed by atoms with Crippen LogP contribution >= 0.6 is 11.6 Å². The first-order chi connectivity index (χ1) is 9.11. The van der Waals surface area contributed by atoms with Crippen LogP contribution < -0.4 is 5.32 Å². The Bertz CT molecular complexity index is 444. The molecule has 1 fully saturated rings. The van der Waals surface area contributed by atoms with Crippen molar-refractivity contribution < 1.29 is 4.79 Å². The highest BCUT2D eigenvalue weighted by molar-refractivity contribution is 6.31. The zero-order valence-electron chi connectivity index (χ0n) is 11.5. The Balaban J connectivity index is 2.08. The fourth-order valence-corrected chi connectivity index (χ4v) is 2.82. The largest absolute Gasteiger partial charge is 0.338 e. The van der Waals surface area contributed by atoms with Crippen molar-refractivity contribution in [1.82, 2.24) is 10.2 Å². The maximum absolute atomic E-state index is 12.4. The van der Waals surface area contributed by atoms with Gasteiger partial charge in [-0.05, 0) is 37.9 Å². The molecular formula is C15H21ClN2O. The fourth-order valence-electron chi connectivity index (χ4n) is 2.52. The zero-order valence-corrected chi connectivity index (χ0v) is 12.3. The molecule has 0 aliphatic carbocycles. The minimum Gasteiger partial charge on any atom is -0.338 e. The number of amides is 1. The van der Waals surface area contributed by atoms with Gasteiger partial charge in [0.1, 0.15) is 0 Å². The fraction of sp³-hybridized carbons (Fsp3) is 0.533. The number of halogens is 1. The van der Waals surface area contributed by atoms with Gasteiger partial charge in [-0.2, -0.15) is 0 Å². The summed E-state index contributed by atoms with van der Waals surface area (Å²) < 4.78 is 0. The highest BCUT2D eigenvalue weighted by Crippen LogP contribution is 2.27. The van der Waals surface area contributed by atoms with Crippen molar-refractivity contribution in [3.63, 3.8) is 0 Å². The van der Waals surface area contributed by atoms with Gasteiger partial charge in [-0.1, -0.05) is 36.2 Å². The van der Waals surface area contributed by atoms with Crippen molar-refractivity contribution in [2.24, 2.45) is 0 Å². The van der Waals surface area contributed by atoms with Gasteiger partial charge >= 0.3 is 0 Å². The molecule has 19 heavy (non-hydrogen) atoms. The van der Waals surface area contributed by atoms with Crippen molar-refractivity contribution in [3.8, 4) is 0 Å². The van der Waals surface area contributed by atoms with E-state index in [-0.39, 0.29) is 18.0 Å². The summed E-state index contributed by atoms with van der Waals surface area (Å²) in [6.07, 6.45) is 3.21. The van der Waals surface area contributed by atoms with Crippen LogP contribution in [-0.4, -0.2) is 30.4 Å². The first-order valence-electron chi connectivity index (χ1n) is 6.85. The van der Waals surface area contributed by atoms with Crippen LogP contribution in [0.4, 0.5) is 0 Å². The van der Waals surface area contributed by atoms with Crippen LogP contribution in [0.3, 0.4) is 0 Å². The molecule has 104 valence electrons. The minimum atomic E-state index is -0.0383. The molecule has 1 aliphatic rings. The standard InChI is InChI=1S/C15H21ClN2O/c1-11(12-7-3-4-8-13(12)16)18(2)15(19)14-9-5-6-10-17-14/h3-4,7-8,11,14,17H,5-6,9-10H2,1-2H3/t11?,14-/m1/s1. The molecule has 0 radical (unpaired) electrons. The molecule has 1 amide bonds. The van der Waals surface area contributed by atoms with E-state index in [0.29, 0.717) is 5.02 Å². The second-order valence-corrected chi connectivity index (χ2v) is 5.56. The van der Waals surface area contributed by atoms with Crippen LogP contribution in [0.25, 0.3) is 0 Å². The Hall–Kier alpha value is -1.06. The van der Waals surface area contributed by atoms with E-state index >= 15 is 0 Å². The molecule has 0 spiro atoms. The highest BCUT2D eigenvalue weighted by atomic mass is 35.5. The number of likely N-dealkylation sites (N-methyl/N-ethyl adjacent to an activating group) is 1. The van der Waals surface area contributed by atoms with E-state index in [1.165, 1.54) is 0 Å². The Morgan fingerprint density at radius 2 is 2.16 bits per heavy atom. The molecule has 0 saturated carbocycles. The van der Waals surface area contributed by atoms with Crippen LogP contribution in [0.2, 0.25) is 5.02 Å². The summed E-state index contributed by atoms with van der Waals surface area (Å²) >= 11 is 6.20. The molecule has 1 aliphatic heterocycles. The van der Waals surface area contributed by atoms with Crippen molar-refractivity contribution in [2.45, 2.75) is 38.3 Å². The average molecular weight is 281 g/mol. The van der Waals surface area contributed by atoms with Gasteiger partial charge in [0.05, 0.1) is 12.1 Å². The molecule has 1 N–H and O–H groups in total. The van der Waals surface area contributed by atoms with Crippen LogP contribution in [-0.2, 0) is 4.79 Å². The van der Waals surface area contributed by atoms with Gasteiger partial charge in [-0.15, -0.1) is 0 Å². The van der Waals surface area contributed by atoms with Gasteiger partial charge in [0.25, 0.3) is 0 Å². The minimum absolute atomic E-state index is 0.00933. The number of carbonyl (C=O) groups excluding carboxylic acids is 1. The molecule has 2 atom stereocenters. The summed E-state index contributed by atoms with van der Waals surface area (Å²) in [5.41, 5.74) is 0.996. The summed E-state index contributed by atoms with van der Waals surface area (Å²) in [6, 6.07) is 7.65. The first kappa shape index (κ1) is 14.4. The monoisotopic (exact) mass is 280 g/mol. The third-order valence-corrected chi connectivity index (χ3v) is 4.24. The normalized spacial score (nSPS) is 20.9. The summed E-state index contributed by atoms with van der Waals surface area (Å²) in [5, 5.41) is 4.01. The van der Waals surface area contributed by atoms with Gasteiger partial charge in [0.15, 0.2) is 0 Å². The van der Waals surface area contributed by atoms with Gasteiger partial charge in [-0.25, -0.2) is 0 Å². The topological polar surface area (TPSA) is 32.3 Å². The van der Waals surface area contributed by atoms with Gasteiger partial charge in [-0.3, -0.25) is 4.79 Å². The Labute approximate surface area is 119 Å². The molecule has 3 nitrogen and oxygen atoms in total. The zero-order chi connectivity index (χ0) is 13.8. The molecule has 1 heterocycles. The van der Waals surface area contributed by atoms with Crippen molar-refractivity contribution in [2.75, 3.05) is 13.6 Å². The molecular weight excluding hydrogens is 260 g/mol. The number of nitrogens with one attached hydrogen (secondary N) is 1. The van der Waals surface area contributed by atoms with Crippen LogP contribution in [0, 0.1) is 0 Å². The average Bonchev–Trinajstić information content (AvgIpc) is 2.46. The number of carbonyl (C=O) groups is 1. The predicted octanol–water partition coefficient (Wildman–Crippen LogP) is 3.00. The van der Waals surface area contributed by atoms with E-state index in [1.54, 1.807) is 4.90 Å². The maximum Gasteiger partial charge on any atom is 0.239 e. The van der Waals surface area contributed by atoms with E-state index in [9.17, 15) is 4.79 Å². The Morgan fingerprint density at radius 3 is 2.79 bits per heavy atom. The van der Waals surface area contributed by atoms with E-state index in [4.69, 9.17) is 11.6 Å². The predicted molar refractivity (Wildman–Crippen MR) is 78.3 cm³/mol. The second-order valence-electron chi connectivity index (χ2n) is 5.15. The summed E-state index contributed by atoms with van der Waals surface area (Å²) in [4.78, 5) is 14.2. The number of hydrogen-bond donors (Lipinski definition) is 1.